The molecular formula is C11H19NOS. The number of carbonyl (C=O) groups excluding carboxylic acids is 1. The maximum Gasteiger partial charge on any atom is 0.185 e. The predicted octanol–water partition coefficient (Wildman–Crippen LogP) is 2.14. The number of nitrogens with zero attached hydrogens (tertiary/aromatic N) is 1. The van der Waals surface area contributed by atoms with Gasteiger partial charge in [0, 0.05) is 24.8 Å². The smallest absolute Gasteiger partial charge is 0.185 e. The molecule has 0 radical (unpaired) electrons. The van der Waals surface area contributed by atoms with Gasteiger partial charge in [-0.25, -0.2) is 0 Å². The monoisotopic (exact) mass is 213 g/mol. The molecule has 2 aliphatic rings. The molecule has 0 saturated carbocycles. The Hall–Kier alpha value is -0.0200. The first-order valence-corrected chi connectivity index (χ1v) is 6.50. The van der Waals surface area contributed by atoms with Crippen LogP contribution in [0.2, 0.25) is 0 Å². The summed E-state index contributed by atoms with van der Waals surface area (Å²) in [6.45, 7) is 1.67. The Morgan fingerprint density at radius 2 is 1.93 bits per heavy atom. The summed E-state index contributed by atoms with van der Waals surface area (Å²) in [6.07, 6.45) is 5.38. The van der Waals surface area contributed by atoms with Crippen LogP contribution in [0, 0.1) is 5.92 Å². The minimum Gasteiger partial charge on any atom is -0.300 e. The summed E-state index contributed by atoms with van der Waals surface area (Å²) < 4.78 is 0. The third kappa shape index (κ3) is 2.14. The first kappa shape index (κ1) is 10.5. The molecule has 0 aromatic rings. The lowest BCUT2D eigenvalue weighted by Crippen LogP contribution is -2.40. The van der Waals surface area contributed by atoms with Gasteiger partial charge >= 0.3 is 0 Å². The van der Waals surface area contributed by atoms with E-state index < -0.39 is 0 Å². The van der Waals surface area contributed by atoms with Crippen molar-refractivity contribution in [3.63, 3.8) is 0 Å². The molecular weight excluding hydrogens is 194 g/mol. The fourth-order valence-electron chi connectivity index (χ4n) is 2.90. The zero-order valence-electron chi connectivity index (χ0n) is 9.03. The average Bonchev–Trinajstić information content (AvgIpc) is 2.41. The van der Waals surface area contributed by atoms with Crippen LogP contribution in [0.1, 0.15) is 32.6 Å². The van der Waals surface area contributed by atoms with Crippen LogP contribution in [-0.2, 0) is 4.79 Å². The van der Waals surface area contributed by atoms with Crippen molar-refractivity contribution >= 4 is 16.9 Å². The van der Waals surface area contributed by atoms with Crippen molar-refractivity contribution in [2.75, 3.05) is 12.8 Å². The van der Waals surface area contributed by atoms with Crippen molar-refractivity contribution in [1.29, 1.82) is 0 Å². The maximum absolute atomic E-state index is 10.9. The van der Waals surface area contributed by atoms with Gasteiger partial charge in [-0.3, -0.25) is 4.79 Å². The molecule has 80 valence electrons. The highest BCUT2D eigenvalue weighted by molar-refractivity contribution is 8.13. The topological polar surface area (TPSA) is 20.3 Å². The highest BCUT2D eigenvalue weighted by atomic mass is 32.2. The van der Waals surface area contributed by atoms with E-state index in [1.54, 1.807) is 6.92 Å². The van der Waals surface area contributed by atoms with Gasteiger partial charge in [-0.2, -0.15) is 0 Å². The Balaban J connectivity index is 1.84. The first-order valence-electron chi connectivity index (χ1n) is 5.52. The van der Waals surface area contributed by atoms with Gasteiger partial charge < -0.3 is 4.90 Å². The molecule has 2 unspecified atom stereocenters. The highest BCUT2D eigenvalue weighted by Gasteiger charge is 2.38. The SMILES string of the molecule is CC(=O)SCC1CC2CCC(C1)N2C. The second kappa shape index (κ2) is 4.23. The van der Waals surface area contributed by atoms with E-state index >= 15 is 0 Å². The second-order valence-electron chi connectivity index (χ2n) is 4.69. The van der Waals surface area contributed by atoms with Gasteiger partial charge in [0.2, 0.25) is 0 Å². The van der Waals surface area contributed by atoms with E-state index in [1.807, 2.05) is 0 Å². The Labute approximate surface area is 90.4 Å². The van der Waals surface area contributed by atoms with Crippen molar-refractivity contribution in [2.24, 2.45) is 5.92 Å². The van der Waals surface area contributed by atoms with Gasteiger partial charge in [-0.15, -0.1) is 0 Å². The Morgan fingerprint density at radius 3 is 2.43 bits per heavy atom. The number of piperidine rings is 1. The molecule has 2 fully saturated rings. The summed E-state index contributed by atoms with van der Waals surface area (Å²) in [5.41, 5.74) is 0. The normalized spacial score (nSPS) is 37.4. The standard InChI is InChI=1S/C11H19NOS/c1-8(13)14-7-9-5-10-3-4-11(6-9)12(10)2/h9-11H,3-7H2,1-2H3. The number of hydrogen-bond acceptors (Lipinski definition) is 3. The van der Waals surface area contributed by atoms with Crippen molar-refractivity contribution in [3.05, 3.63) is 0 Å². The fourth-order valence-corrected chi connectivity index (χ4v) is 3.64. The van der Waals surface area contributed by atoms with Crippen LogP contribution in [0.4, 0.5) is 0 Å². The van der Waals surface area contributed by atoms with Crippen LogP contribution in [0.15, 0.2) is 0 Å². The summed E-state index contributed by atoms with van der Waals surface area (Å²) in [4.78, 5) is 13.4. The molecule has 0 amide bonds. The van der Waals surface area contributed by atoms with E-state index in [9.17, 15) is 4.79 Å². The molecule has 0 spiro atoms. The van der Waals surface area contributed by atoms with Crippen molar-refractivity contribution in [3.8, 4) is 0 Å². The molecule has 3 heteroatoms. The molecule has 0 N–H and O–H groups in total. The van der Waals surface area contributed by atoms with Gasteiger partial charge in [0.25, 0.3) is 0 Å². The summed E-state index contributed by atoms with van der Waals surface area (Å²) >= 11 is 1.51. The highest BCUT2D eigenvalue weighted by Crippen LogP contribution is 2.38. The van der Waals surface area contributed by atoms with Crippen LogP contribution in [0.5, 0.6) is 0 Å². The number of fused-ring (bicyclic) bond motifs is 2. The lowest BCUT2D eigenvalue weighted by molar-refractivity contribution is -0.109. The Morgan fingerprint density at radius 1 is 1.36 bits per heavy atom. The number of rotatable bonds is 2. The summed E-state index contributed by atoms with van der Waals surface area (Å²) in [5, 5.41) is 0.274. The first-order chi connectivity index (χ1) is 6.66. The van der Waals surface area contributed by atoms with Crippen LogP contribution < -0.4 is 0 Å². The average molecular weight is 213 g/mol. The summed E-state index contributed by atoms with van der Waals surface area (Å²) in [6, 6.07) is 1.62. The van der Waals surface area contributed by atoms with Gasteiger partial charge in [0.05, 0.1) is 0 Å². The molecule has 0 aromatic heterocycles. The van der Waals surface area contributed by atoms with Crippen LogP contribution in [-0.4, -0.2) is 34.9 Å². The quantitative estimate of drug-likeness (QED) is 0.701. The third-order valence-electron chi connectivity index (χ3n) is 3.72. The minimum absolute atomic E-state index is 0.274. The van der Waals surface area contributed by atoms with Crippen LogP contribution in [0.25, 0.3) is 0 Å². The lowest BCUT2D eigenvalue weighted by atomic mass is 9.93. The predicted molar refractivity (Wildman–Crippen MR) is 60.4 cm³/mol. The van der Waals surface area contributed by atoms with Crippen LogP contribution >= 0.6 is 11.8 Å². The molecule has 2 atom stereocenters. The number of thioether (sulfide) groups is 1. The third-order valence-corrected chi connectivity index (χ3v) is 4.76. The van der Waals surface area contributed by atoms with Crippen molar-refractivity contribution < 1.29 is 4.79 Å². The molecule has 2 heterocycles. The van der Waals surface area contributed by atoms with Gasteiger partial charge in [-0.1, -0.05) is 11.8 Å². The molecule has 2 aliphatic heterocycles. The molecule has 0 aliphatic carbocycles. The minimum atomic E-state index is 0.274. The van der Waals surface area contributed by atoms with E-state index in [4.69, 9.17) is 0 Å². The molecule has 2 saturated heterocycles. The van der Waals surface area contributed by atoms with E-state index in [0.29, 0.717) is 0 Å². The van der Waals surface area contributed by atoms with E-state index in [2.05, 4.69) is 11.9 Å². The largest absolute Gasteiger partial charge is 0.300 e. The van der Waals surface area contributed by atoms with E-state index in [1.165, 1.54) is 37.4 Å². The van der Waals surface area contributed by atoms with Gasteiger partial charge in [-0.05, 0) is 38.6 Å². The summed E-state index contributed by atoms with van der Waals surface area (Å²) in [7, 11) is 2.26. The lowest BCUT2D eigenvalue weighted by Gasteiger charge is -2.36. The number of carbonyl (C=O) groups is 1. The van der Waals surface area contributed by atoms with Crippen LogP contribution in [0.3, 0.4) is 0 Å². The Kier molecular flexibility index (Phi) is 3.17. The molecule has 2 nitrogen and oxygen atoms in total. The fraction of sp³-hybridized carbons (Fsp3) is 0.909. The van der Waals surface area contributed by atoms with Crippen molar-refractivity contribution in [2.45, 2.75) is 44.7 Å². The van der Waals surface area contributed by atoms with Gasteiger partial charge in [0.1, 0.15) is 0 Å². The van der Waals surface area contributed by atoms with E-state index in [-0.39, 0.29) is 5.12 Å². The number of hydrogen-bond donors (Lipinski definition) is 0. The van der Waals surface area contributed by atoms with E-state index in [0.717, 1.165) is 23.8 Å². The second-order valence-corrected chi connectivity index (χ2v) is 5.89. The Bertz CT molecular complexity index is 217. The maximum atomic E-state index is 10.9. The van der Waals surface area contributed by atoms with Gasteiger partial charge in [0.15, 0.2) is 5.12 Å². The zero-order valence-corrected chi connectivity index (χ0v) is 9.85. The molecule has 2 bridgehead atoms. The van der Waals surface area contributed by atoms with Crippen molar-refractivity contribution in [1.82, 2.24) is 4.90 Å². The molecule has 2 rings (SSSR count). The molecule has 0 aromatic carbocycles. The zero-order chi connectivity index (χ0) is 10.1. The summed E-state index contributed by atoms with van der Waals surface area (Å²) in [5.74, 6) is 1.84. The molecule has 14 heavy (non-hydrogen) atoms.